The fourth-order valence-electron chi connectivity index (χ4n) is 1.87. The molecule has 1 amide bonds. The van der Waals surface area contributed by atoms with E-state index in [0.717, 1.165) is 5.56 Å². The van der Waals surface area contributed by atoms with Gasteiger partial charge in [-0.05, 0) is 47.9 Å². The number of hydrogen-bond acceptors (Lipinski definition) is 1. The van der Waals surface area contributed by atoms with Crippen molar-refractivity contribution >= 4 is 23.6 Å². The van der Waals surface area contributed by atoms with Gasteiger partial charge in [-0.3, -0.25) is 4.79 Å². The first-order chi connectivity index (χ1) is 10.5. The molecule has 0 aliphatic rings. The number of carbonyl (C=O) groups excluding carboxylic acids is 1. The molecule has 0 fully saturated rings. The molecule has 1 N–H and O–H groups in total. The fourth-order valence-corrected chi connectivity index (χ4v) is 2.06. The Labute approximate surface area is 132 Å². The molecule has 2 rings (SSSR count). The van der Waals surface area contributed by atoms with E-state index in [1.165, 1.54) is 36.4 Å². The molecule has 0 saturated heterocycles. The lowest BCUT2D eigenvalue weighted by Crippen LogP contribution is -2.23. The summed E-state index contributed by atoms with van der Waals surface area (Å²) in [5.74, 6) is -1.08. The van der Waals surface area contributed by atoms with Crippen LogP contribution in [0.2, 0.25) is 5.02 Å². The summed E-state index contributed by atoms with van der Waals surface area (Å²) in [5.41, 5.74) is 1.45. The molecular formula is C17H14ClF2NO. The molecule has 2 aromatic carbocycles. The van der Waals surface area contributed by atoms with Gasteiger partial charge in [-0.15, -0.1) is 0 Å². The van der Waals surface area contributed by atoms with Crippen LogP contribution >= 0.6 is 11.6 Å². The van der Waals surface area contributed by atoms with Crippen LogP contribution in [-0.4, -0.2) is 12.5 Å². The summed E-state index contributed by atoms with van der Waals surface area (Å²) in [6.45, 7) is 0.400. The third kappa shape index (κ3) is 4.97. The zero-order valence-corrected chi connectivity index (χ0v) is 12.4. The van der Waals surface area contributed by atoms with Gasteiger partial charge < -0.3 is 5.32 Å². The monoisotopic (exact) mass is 321 g/mol. The van der Waals surface area contributed by atoms with Gasteiger partial charge in [0.2, 0.25) is 5.91 Å². The first kappa shape index (κ1) is 16.2. The van der Waals surface area contributed by atoms with Crippen molar-refractivity contribution in [3.8, 4) is 0 Å². The minimum atomic E-state index is -0.502. The van der Waals surface area contributed by atoms with Crippen LogP contribution in [0.15, 0.2) is 48.5 Å². The highest BCUT2D eigenvalue weighted by atomic mass is 35.5. The van der Waals surface area contributed by atoms with Gasteiger partial charge in [0.15, 0.2) is 0 Å². The van der Waals surface area contributed by atoms with Gasteiger partial charge in [0.05, 0.1) is 5.02 Å². The van der Waals surface area contributed by atoms with Gasteiger partial charge in [-0.25, -0.2) is 8.78 Å². The summed E-state index contributed by atoms with van der Waals surface area (Å²) >= 11 is 5.65. The van der Waals surface area contributed by atoms with Gasteiger partial charge in [0.25, 0.3) is 0 Å². The summed E-state index contributed by atoms with van der Waals surface area (Å²) in [7, 11) is 0. The SMILES string of the molecule is O=C(/C=C/c1ccc(F)c(Cl)c1)NCCc1cccc(F)c1. The smallest absolute Gasteiger partial charge is 0.244 e. The average Bonchev–Trinajstić information content (AvgIpc) is 2.48. The Morgan fingerprint density at radius 3 is 2.73 bits per heavy atom. The molecule has 2 aromatic rings. The molecule has 0 aromatic heterocycles. The van der Waals surface area contributed by atoms with Gasteiger partial charge in [-0.1, -0.05) is 29.8 Å². The van der Waals surface area contributed by atoms with E-state index in [9.17, 15) is 13.6 Å². The predicted molar refractivity (Wildman–Crippen MR) is 83.6 cm³/mol. The van der Waals surface area contributed by atoms with Gasteiger partial charge in [-0.2, -0.15) is 0 Å². The van der Waals surface area contributed by atoms with E-state index in [-0.39, 0.29) is 16.7 Å². The number of hydrogen-bond donors (Lipinski definition) is 1. The molecular weight excluding hydrogens is 308 g/mol. The zero-order chi connectivity index (χ0) is 15.9. The summed E-state index contributed by atoms with van der Waals surface area (Å²) in [6.07, 6.45) is 3.43. The Morgan fingerprint density at radius 2 is 2.00 bits per heavy atom. The van der Waals surface area contributed by atoms with Crippen LogP contribution in [0.5, 0.6) is 0 Å². The maximum absolute atomic E-state index is 13.0. The first-order valence-corrected chi connectivity index (χ1v) is 7.08. The van der Waals surface area contributed by atoms with E-state index < -0.39 is 5.82 Å². The summed E-state index contributed by atoms with van der Waals surface area (Å²) in [5, 5.41) is 2.70. The number of halogens is 3. The second kappa shape index (κ2) is 7.71. The molecule has 0 bridgehead atoms. The number of benzene rings is 2. The Hall–Kier alpha value is -2.20. The average molecular weight is 322 g/mol. The van der Waals surface area contributed by atoms with Crippen LogP contribution in [0.4, 0.5) is 8.78 Å². The van der Waals surface area contributed by atoms with Crippen molar-refractivity contribution in [1.29, 1.82) is 0 Å². The van der Waals surface area contributed by atoms with Crippen LogP contribution in [-0.2, 0) is 11.2 Å². The molecule has 0 atom stereocenters. The Kier molecular flexibility index (Phi) is 5.67. The number of carbonyl (C=O) groups is 1. The largest absolute Gasteiger partial charge is 0.352 e. The van der Waals surface area contributed by atoms with E-state index in [1.807, 2.05) is 0 Å². The quantitative estimate of drug-likeness (QED) is 0.829. The molecule has 2 nitrogen and oxygen atoms in total. The van der Waals surface area contributed by atoms with Crippen molar-refractivity contribution in [3.05, 3.63) is 76.3 Å². The maximum Gasteiger partial charge on any atom is 0.244 e. The number of nitrogens with one attached hydrogen (secondary N) is 1. The van der Waals surface area contributed by atoms with E-state index in [1.54, 1.807) is 18.2 Å². The van der Waals surface area contributed by atoms with Crippen molar-refractivity contribution < 1.29 is 13.6 Å². The van der Waals surface area contributed by atoms with E-state index in [0.29, 0.717) is 18.5 Å². The van der Waals surface area contributed by atoms with Crippen molar-refractivity contribution in [1.82, 2.24) is 5.32 Å². The lowest BCUT2D eigenvalue weighted by atomic mass is 10.1. The zero-order valence-electron chi connectivity index (χ0n) is 11.7. The van der Waals surface area contributed by atoms with Crippen LogP contribution in [0.3, 0.4) is 0 Å². The summed E-state index contributed by atoms with van der Waals surface area (Å²) in [4.78, 5) is 11.6. The third-order valence-electron chi connectivity index (χ3n) is 2.97. The molecule has 0 spiro atoms. The first-order valence-electron chi connectivity index (χ1n) is 6.70. The Bertz CT molecular complexity index is 701. The third-order valence-corrected chi connectivity index (χ3v) is 3.26. The molecule has 0 aliphatic carbocycles. The summed E-state index contributed by atoms with van der Waals surface area (Å²) in [6, 6.07) is 10.4. The van der Waals surface area contributed by atoms with Crippen LogP contribution in [0, 0.1) is 11.6 Å². The Morgan fingerprint density at radius 1 is 1.18 bits per heavy atom. The minimum Gasteiger partial charge on any atom is -0.352 e. The molecule has 0 saturated carbocycles. The maximum atomic E-state index is 13.0. The van der Waals surface area contributed by atoms with Gasteiger partial charge in [0.1, 0.15) is 11.6 Å². The van der Waals surface area contributed by atoms with E-state index in [2.05, 4.69) is 5.32 Å². The second-order valence-electron chi connectivity index (χ2n) is 4.68. The van der Waals surface area contributed by atoms with Crippen molar-refractivity contribution in [2.75, 3.05) is 6.54 Å². The molecule has 0 radical (unpaired) electrons. The lowest BCUT2D eigenvalue weighted by Gasteiger charge is -2.03. The highest BCUT2D eigenvalue weighted by molar-refractivity contribution is 6.30. The Balaban J connectivity index is 1.82. The predicted octanol–water partition coefficient (Wildman–Crippen LogP) is 3.99. The standard InChI is InChI=1S/C17H14ClF2NO/c18-15-11-13(4-6-16(15)20)5-7-17(22)21-9-8-12-2-1-3-14(19)10-12/h1-7,10-11H,8-9H2,(H,21,22)/b7-5+. The van der Waals surface area contributed by atoms with Crippen molar-refractivity contribution in [3.63, 3.8) is 0 Å². The molecule has 114 valence electrons. The minimum absolute atomic E-state index is 0.00802. The molecule has 22 heavy (non-hydrogen) atoms. The fraction of sp³-hybridized carbons (Fsp3) is 0.118. The van der Waals surface area contributed by atoms with Crippen molar-refractivity contribution in [2.24, 2.45) is 0 Å². The van der Waals surface area contributed by atoms with Crippen LogP contribution < -0.4 is 5.32 Å². The number of rotatable bonds is 5. The number of amides is 1. The molecule has 0 unspecified atom stereocenters. The molecule has 5 heteroatoms. The topological polar surface area (TPSA) is 29.1 Å². The van der Waals surface area contributed by atoms with Crippen LogP contribution in [0.1, 0.15) is 11.1 Å². The van der Waals surface area contributed by atoms with Crippen molar-refractivity contribution in [2.45, 2.75) is 6.42 Å². The highest BCUT2D eigenvalue weighted by Gasteiger charge is 2.00. The highest BCUT2D eigenvalue weighted by Crippen LogP contribution is 2.16. The molecule has 0 aliphatic heterocycles. The normalized spacial score (nSPS) is 10.9. The van der Waals surface area contributed by atoms with Gasteiger partial charge in [0, 0.05) is 12.6 Å². The van der Waals surface area contributed by atoms with E-state index in [4.69, 9.17) is 11.6 Å². The second-order valence-corrected chi connectivity index (χ2v) is 5.09. The lowest BCUT2D eigenvalue weighted by molar-refractivity contribution is -0.116. The van der Waals surface area contributed by atoms with Crippen LogP contribution in [0.25, 0.3) is 6.08 Å². The summed E-state index contributed by atoms with van der Waals surface area (Å²) < 4.78 is 26.0. The van der Waals surface area contributed by atoms with E-state index >= 15 is 0 Å². The molecule has 0 heterocycles. The van der Waals surface area contributed by atoms with Gasteiger partial charge >= 0.3 is 0 Å².